The molecule has 0 aliphatic carbocycles. The molecule has 8 nitrogen and oxygen atoms in total. The van der Waals surface area contributed by atoms with E-state index >= 15 is 0 Å². The standard InChI is InChI=1S/C26H33N3O5S.ClH/c1-17-7-8-22-23(18(17)2)27-26(35-22)29(10-6-9-28-11-13-34-14-12-28)25(30)19-15-20(31-3)24(33-5)21(16-19)32-4;/h7-8,15-16H,6,9-14H2,1-5H3;1H. The van der Waals surface area contributed by atoms with Crippen molar-refractivity contribution in [2.45, 2.75) is 20.3 Å². The molecule has 0 saturated carbocycles. The molecule has 1 aliphatic rings. The highest BCUT2D eigenvalue weighted by Gasteiger charge is 2.25. The second-order valence-corrected chi connectivity index (χ2v) is 9.54. The lowest BCUT2D eigenvalue weighted by atomic mass is 10.1. The van der Waals surface area contributed by atoms with Crippen molar-refractivity contribution >= 4 is 45.0 Å². The molecule has 1 fully saturated rings. The number of hydrogen-bond donors (Lipinski definition) is 0. The Bertz CT molecular complexity index is 1170. The van der Waals surface area contributed by atoms with Gasteiger partial charge in [-0.25, -0.2) is 4.98 Å². The molecular weight excluding hydrogens is 502 g/mol. The Balaban J connectivity index is 0.00000361. The van der Waals surface area contributed by atoms with E-state index in [1.807, 2.05) is 0 Å². The summed E-state index contributed by atoms with van der Waals surface area (Å²) in [5.41, 5.74) is 3.72. The molecule has 1 aromatic heterocycles. The molecule has 3 aromatic rings. The number of ether oxygens (including phenoxy) is 4. The molecule has 2 heterocycles. The quantitative estimate of drug-likeness (QED) is 0.392. The van der Waals surface area contributed by atoms with E-state index in [1.165, 1.54) is 16.9 Å². The van der Waals surface area contributed by atoms with E-state index in [-0.39, 0.29) is 18.3 Å². The number of hydrogen-bond acceptors (Lipinski definition) is 8. The number of nitrogens with zero attached hydrogens (tertiary/aromatic N) is 3. The van der Waals surface area contributed by atoms with Gasteiger partial charge in [0.15, 0.2) is 16.6 Å². The van der Waals surface area contributed by atoms with Gasteiger partial charge in [0.25, 0.3) is 5.91 Å². The fourth-order valence-corrected chi connectivity index (χ4v) is 5.30. The molecule has 1 aliphatic heterocycles. The average Bonchev–Trinajstić information content (AvgIpc) is 3.32. The molecule has 36 heavy (non-hydrogen) atoms. The summed E-state index contributed by atoms with van der Waals surface area (Å²) in [6.45, 7) is 8.94. The summed E-state index contributed by atoms with van der Waals surface area (Å²) >= 11 is 1.54. The minimum atomic E-state index is -0.153. The molecule has 0 N–H and O–H groups in total. The number of rotatable bonds is 9. The summed E-state index contributed by atoms with van der Waals surface area (Å²) in [4.78, 5) is 23.0. The van der Waals surface area contributed by atoms with Crippen molar-refractivity contribution in [3.05, 3.63) is 41.0 Å². The molecule has 0 unspecified atom stereocenters. The van der Waals surface area contributed by atoms with Crippen LogP contribution < -0.4 is 19.1 Å². The van der Waals surface area contributed by atoms with Gasteiger partial charge in [-0.05, 0) is 49.6 Å². The van der Waals surface area contributed by atoms with Crippen LogP contribution in [0.3, 0.4) is 0 Å². The lowest BCUT2D eigenvalue weighted by molar-refractivity contribution is 0.0376. The Morgan fingerprint density at radius 1 is 1.08 bits per heavy atom. The first-order valence-electron chi connectivity index (χ1n) is 11.8. The number of benzene rings is 2. The smallest absolute Gasteiger partial charge is 0.260 e. The fourth-order valence-electron chi connectivity index (χ4n) is 4.25. The van der Waals surface area contributed by atoms with Crippen LogP contribution in [-0.4, -0.2) is 76.5 Å². The van der Waals surface area contributed by atoms with Crippen molar-refractivity contribution in [2.24, 2.45) is 0 Å². The molecule has 0 radical (unpaired) electrons. The van der Waals surface area contributed by atoms with Gasteiger partial charge >= 0.3 is 0 Å². The number of morpholine rings is 1. The number of methoxy groups -OCH3 is 3. The lowest BCUT2D eigenvalue weighted by Gasteiger charge is -2.28. The summed E-state index contributed by atoms with van der Waals surface area (Å²) in [6, 6.07) is 7.57. The number of thiazole rings is 1. The van der Waals surface area contributed by atoms with E-state index in [0.717, 1.165) is 55.0 Å². The zero-order valence-electron chi connectivity index (χ0n) is 21.5. The number of amides is 1. The highest BCUT2D eigenvalue weighted by atomic mass is 35.5. The Labute approximate surface area is 222 Å². The Kier molecular flexibility index (Phi) is 9.78. The number of fused-ring (bicyclic) bond motifs is 1. The van der Waals surface area contributed by atoms with E-state index in [4.69, 9.17) is 23.9 Å². The van der Waals surface area contributed by atoms with Gasteiger partial charge in [0.2, 0.25) is 5.75 Å². The largest absolute Gasteiger partial charge is 0.493 e. The molecule has 0 atom stereocenters. The maximum Gasteiger partial charge on any atom is 0.260 e. The maximum atomic E-state index is 13.9. The Hall–Kier alpha value is -2.59. The highest BCUT2D eigenvalue weighted by Crippen LogP contribution is 2.39. The summed E-state index contributed by atoms with van der Waals surface area (Å²) < 4.78 is 22.9. The van der Waals surface area contributed by atoms with E-state index in [0.29, 0.717) is 34.5 Å². The van der Waals surface area contributed by atoms with Crippen molar-refractivity contribution in [3.8, 4) is 17.2 Å². The molecule has 1 saturated heterocycles. The summed E-state index contributed by atoms with van der Waals surface area (Å²) in [6.07, 6.45) is 0.824. The van der Waals surface area contributed by atoms with Crippen molar-refractivity contribution in [1.82, 2.24) is 9.88 Å². The summed E-state index contributed by atoms with van der Waals surface area (Å²) in [5.74, 6) is 1.19. The van der Waals surface area contributed by atoms with Crippen LogP contribution in [0.4, 0.5) is 5.13 Å². The van der Waals surface area contributed by atoms with Crippen molar-refractivity contribution in [2.75, 3.05) is 65.6 Å². The van der Waals surface area contributed by atoms with Crippen LogP contribution >= 0.6 is 23.7 Å². The van der Waals surface area contributed by atoms with Gasteiger partial charge in [0.05, 0.1) is 44.8 Å². The van der Waals surface area contributed by atoms with Crippen LogP contribution in [-0.2, 0) is 4.74 Å². The molecule has 10 heteroatoms. The number of aryl methyl sites for hydroxylation is 2. The number of carbonyl (C=O) groups is 1. The van der Waals surface area contributed by atoms with Gasteiger partial charge < -0.3 is 18.9 Å². The third-order valence-corrected chi connectivity index (χ3v) is 7.46. The zero-order chi connectivity index (χ0) is 24.9. The van der Waals surface area contributed by atoms with Crippen LogP contribution in [0.15, 0.2) is 24.3 Å². The summed E-state index contributed by atoms with van der Waals surface area (Å²) in [7, 11) is 4.64. The molecular formula is C26H34ClN3O5S. The Morgan fingerprint density at radius 3 is 2.36 bits per heavy atom. The number of aromatic nitrogens is 1. The molecule has 4 rings (SSSR count). The SMILES string of the molecule is COc1cc(C(=O)N(CCCN2CCOCC2)c2nc3c(C)c(C)ccc3s2)cc(OC)c1OC.Cl. The first-order valence-corrected chi connectivity index (χ1v) is 12.6. The monoisotopic (exact) mass is 535 g/mol. The maximum absolute atomic E-state index is 13.9. The third kappa shape index (κ3) is 5.86. The van der Waals surface area contributed by atoms with Crippen LogP contribution in [0.1, 0.15) is 27.9 Å². The minimum absolute atomic E-state index is 0. The Morgan fingerprint density at radius 2 is 1.75 bits per heavy atom. The van der Waals surface area contributed by atoms with E-state index < -0.39 is 0 Å². The minimum Gasteiger partial charge on any atom is -0.493 e. The van der Waals surface area contributed by atoms with Crippen molar-refractivity contribution in [1.29, 1.82) is 0 Å². The predicted molar refractivity (Wildman–Crippen MR) is 146 cm³/mol. The molecule has 2 aromatic carbocycles. The first-order chi connectivity index (χ1) is 17.0. The van der Waals surface area contributed by atoms with Crippen LogP contribution in [0.5, 0.6) is 17.2 Å². The van der Waals surface area contributed by atoms with Gasteiger partial charge in [0, 0.05) is 31.7 Å². The number of carbonyl (C=O) groups excluding carboxylic acids is 1. The van der Waals surface area contributed by atoms with Gasteiger partial charge in [-0.2, -0.15) is 0 Å². The van der Waals surface area contributed by atoms with E-state index in [1.54, 1.807) is 38.4 Å². The van der Waals surface area contributed by atoms with Gasteiger partial charge in [-0.15, -0.1) is 12.4 Å². The molecule has 196 valence electrons. The average molecular weight is 536 g/mol. The highest BCUT2D eigenvalue weighted by molar-refractivity contribution is 7.22. The van der Waals surface area contributed by atoms with Crippen LogP contribution in [0, 0.1) is 13.8 Å². The van der Waals surface area contributed by atoms with Crippen molar-refractivity contribution in [3.63, 3.8) is 0 Å². The molecule has 0 bridgehead atoms. The topological polar surface area (TPSA) is 73.4 Å². The van der Waals surface area contributed by atoms with Gasteiger partial charge in [0.1, 0.15) is 0 Å². The van der Waals surface area contributed by atoms with Crippen LogP contribution in [0.25, 0.3) is 10.2 Å². The van der Waals surface area contributed by atoms with Crippen molar-refractivity contribution < 1.29 is 23.7 Å². The molecule has 0 spiro atoms. The van der Waals surface area contributed by atoms with Gasteiger partial charge in [-0.1, -0.05) is 17.4 Å². The third-order valence-electron chi connectivity index (χ3n) is 6.42. The normalized spacial score (nSPS) is 13.8. The second kappa shape index (κ2) is 12.6. The summed E-state index contributed by atoms with van der Waals surface area (Å²) in [5, 5.41) is 0.689. The molecule has 1 amide bonds. The fraction of sp³-hybridized carbons (Fsp3) is 0.462. The lowest BCUT2D eigenvalue weighted by Crippen LogP contribution is -2.39. The van der Waals surface area contributed by atoms with Gasteiger partial charge in [-0.3, -0.25) is 14.6 Å². The van der Waals surface area contributed by atoms with E-state index in [9.17, 15) is 4.79 Å². The van der Waals surface area contributed by atoms with Crippen LogP contribution in [0.2, 0.25) is 0 Å². The number of anilines is 1. The second-order valence-electron chi connectivity index (χ2n) is 8.53. The number of halogens is 1. The predicted octanol–water partition coefficient (Wildman–Crippen LogP) is 4.73. The first kappa shape index (κ1) is 28.0. The van der Waals surface area contributed by atoms with E-state index in [2.05, 4.69) is 30.9 Å². The zero-order valence-corrected chi connectivity index (χ0v) is 23.1.